The second-order valence-electron chi connectivity index (χ2n) is 6.33. The van der Waals surface area contributed by atoms with E-state index in [0.717, 1.165) is 18.6 Å². The van der Waals surface area contributed by atoms with Crippen LogP contribution in [0.3, 0.4) is 0 Å². The van der Waals surface area contributed by atoms with Crippen LogP contribution in [0.15, 0.2) is 72.4 Å². The number of hydrogen-bond donors (Lipinski definition) is 0. The van der Waals surface area contributed by atoms with E-state index in [1.807, 2.05) is 12.3 Å². The molecule has 2 aromatic carbocycles. The zero-order valence-electron chi connectivity index (χ0n) is 13.7. The third kappa shape index (κ3) is 3.13. The first-order valence-corrected chi connectivity index (χ1v) is 8.95. The number of nitrogens with zero attached hydrogens (tertiary/aromatic N) is 2. The van der Waals surface area contributed by atoms with E-state index in [2.05, 4.69) is 73.6 Å². The van der Waals surface area contributed by atoms with Crippen LogP contribution in [0.4, 0.5) is 0 Å². The monoisotopic (exact) mass is 332 g/mol. The van der Waals surface area contributed by atoms with E-state index >= 15 is 0 Å². The maximum atomic E-state index is 4.45. The normalized spacial score (nSPS) is 17.9. The largest absolute Gasteiger partial charge is 0.283 e. The minimum absolute atomic E-state index is 1.01. The van der Waals surface area contributed by atoms with Crippen LogP contribution < -0.4 is 0 Å². The van der Waals surface area contributed by atoms with Crippen LogP contribution in [-0.4, -0.2) is 22.7 Å². The highest BCUT2D eigenvalue weighted by Gasteiger charge is 2.17. The van der Waals surface area contributed by atoms with Crippen LogP contribution in [0.5, 0.6) is 0 Å². The maximum absolute atomic E-state index is 4.45. The molecule has 3 aromatic rings. The molecule has 0 radical (unpaired) electrons. The molecule has 1 unspecified atom stereocenters. The molecule has 0 saturated carbocycles. The molecule has 0 spiro atoms. The van der Waals surface area contributed by atoms with Crippen molar-refractivity contribution in [2.24, 2.45) is 0 Å². The third-order valence-corrected chi connectivity index (χ3v) is 5.07. The van der Waals surface area contributed by atoms with Crippen molar-refractivity contribution in [3.8, 4) is 0 Å². The van der Waals surface area contributed by atoms with Gasteiger partial charge in [0, 0.05) is 24.7 Å². The summed E-state index contributed by atoms with van der Waals surface area (Å²) in [5, 5.41) is 1.20. The SMILES string of the molecule is PN1CCC/C(=C(\c2ccccc2)c2ccc3ncccc3c2)C1. The molecular formula is C21H21N2P. The highest BCUT2D eigenvalue weighted by Crippen LogP contribution is 2.33. The van der Waals surface area contributed by atoms with Gasteiger partial charge in [-0.05, 0) is 53.3 Å². The summed E-state index contributed by atoms with van der Waals surface area (Å²) in [6.07, 6.45) is 4.23. The maximum Gasteiger partial charge on any atom is 0.0702 e. The van der Waals surface area contributed by atoms with Crippen molar-refractivity contribution < 1.29 is 0 Å². The second kappa shape index (κ2) is 6.84. The van der Waals surface area contributed by atoms with Gasteiger partial charge in [0.15, 0.2) is 0 Å². The molecule has 120 valence electrons. The number of pyridine rings is 1. The standard InChI is InChI=1S/C21H21N2P/c24-23-13-5-9-19(15-23)21(16-6-2-1-3-7-16)18-10-11-20-17(14-18)8-4-12-22-20/h1-4,6-8,10-12,14H,5,9,13,15,24H2/b21-19-. The summed E-state index contributed by atoms with van der Waals surface area (Å²) >= 11 is 0. The Morgan fingerprint density at radius 3 is 2.67 bits per heavy atom. The van der Waals surface area contributed by atoms with Gasteiger partial charge in [-0.3, -0.25) is 9.65 Å². The van der Waals surface area contributed by atoms with E-state index in [1.165, 1.54) is 40.5 Å². The van der Waals surface area contributed by atoms with Gasteiger partial charge in [0.2, 0.25) is 0 Å². The van der Waals surface area contributed by atoms with Gasteiger partial charge < -0.3 is 0 Å². The predicted molar refractivity (Wildman–Crippen MR) is 105 cm³/mol. The van der Waals surface area contributed by atoms with Crippen molar-refractivity contribution in [1.82, 2.24) is 9.65 Å². The van der Waals surface area contributed by atoms with Crippen LogP contribution in [-0.2, 0) is 0 Å². The fourth-order valence-electron chi connectivity index (χ4n) is 3.51. The first-order chi connectivity index (χ1) is 11.8. The summed E-state index contributed by atoms with van der Waals surface area (Å²) < 4.78 is 2.34. The third-order valence-electron chi connectivity index (χ3n) is 4.63. The molecule has 0 aliphatic carbocycles. The zero-order chi connectivity index (χ0) is 16.4. The number of hydrogen-bond acceptors (Lipinski definition) is 2. The summed E-state index contributed by atoms with van der Waals surface area (Å²) in [5.41, 5.74) is 6.54. The van der Waals surface area contributed by atoms with Crippen LogP contribution in [0.1, 0.15) is 24.0 Å². The Labute approximate surface area is 145 Å². The highest BCUT2D eigenvalue weighted by molar-refractivity contribution is 7.13. The fraction of sp³-hybridized carbons (Fsp3) is 0.190. The molecule has 1 saturated heterocycles. The lowest BCUT2D eigenvalue weighted by molar-refractivity contribution is 0.443. The Kier molecular flexibility index (Phi) is 4.42. The van der Waals surface area contributed by atoms with Gasteiger partial charge in [0.1, 0.15) is 0 Å². The molecule has 1 atom stereocenters. The highest BCUT2D eigenvalue weighted by atomic mass is 31.0. The van der Waals surface area contributed by atoms with E-state index < -0.39 is 0 Å². The van der Waals surface area contributed by atoms with Crippen LogP contribution >= 0.6 is 9.39 Å². The van der Waals surface area contributed by atoms with E-state index in [9.17, 15) is 0 Å². The fourth-order valence-corrected chi connectivity index (χ4v) is 3.92. The van der Waals surface area contributed by atoms with Crippen molar-refractivity contribution in [2.45, 2.75) is 12.8 Å². The van der Waals surface area contributed by atoms with Gasteiger partial charge in [-0.25, -0.2) is 0 Å². The summed E-state index contributed by atoms with van der Waals surface area (Å²) in [6.45, 7) is 2.16. The van der Waals surface area contributed by atoms with Crippen molar-refractivity contribution in [3.63, 3.8) is 0 Å². The number of aromatic nitrogens is 1. The Bertz CT molecular complexity index is 886. The summed E-state index contributed by atoms with van der Waals surface area (Å²) in [4.78, 5) is 4.45. The second-order valence-corrected chi connectivity index (χ2v) is 7.06. The number of rotatable bonds is 2. The lowest BCUT2D eigenvalue weighted by Crippen LogP contribution is -2.22. The number of benzene rings is 2. The average molecular weight is 332 g/mol. The molecule has 3 heteroatoms. The Hall–Kier alpha value is -2.02. The minimum Gasteiger partial charge on any atom is -0.283 e. The summed E-state index contributed by atoms with van der Waals surface area (Å²) in [7, 11) is 2.86. The molecule has 0 N–H and O–H groups in total. The molecular weight excluding hydrogens is 311 g/mol. The van der Waals surface area contributed by atoms with Gasteiger partial charge in [0.05, 0.1) is 5.52 Å². The molecule has 1 aliphatic heterocycles. The average Bonchev–Trinajstić information content (AvgIpc) is 2.63. The lowest BCUT2D eigenvalue weighted by Gasteiger charge is -2.27. The molecule has 24 heavy (non-hydrogen) atoms. The number of fused-ring (bicyclic) bond motifs is 1. The quantitative estimate of drug-likeness (QED) is 0.619. The molecule has 1 aromatic heterocycles. The molecule has 2 nitrogen and oxygen atoms in total. The van der Waals surface area contributed by atoms with E-state index in [0.29, 0.717) is 0 Å². The molecule has 4 rings (SSSR count). The van der Waals surface area contributed by atoms with Gasteiger partial charge in [-0.15, -0.1) is 0 Å². The predicted octanol–water partition coefficient (Wildman–Crippen LogP) is 4.92. The van der Waals surface area contributed by atoms with Crippen molar-refractivity contribution in [2.75, 3.05) is 13.1 Å². The Balaban J connectivity index is 1.90. The first-order valence-electron chi connectivity index (χ1n) is 8.43. The topological polar surface area (TPSA) is 16.1 Å². The smallest absolute Gasteiger partial charge is 0.0702 e. The van der Waals surface area contributed by atoms with E-state index in [1.54, 1.807) is 0 Å². The Morgan fingerprint density at radius 2 is 1.83 bits per heavy atom. The lowest BCUT2D eigenvalue weighted by atomic mass is 9.89. The van der Waals surface area contributed by atoms with Crippen molar-refractivity contribution in [3.05, 3.63) is 83.6 Å². The van der Waals surface area contributed by atoms with Gasteiger partial charge in [-0.1, -0.05) is 51.9 Å². The molecule has 2 heterocycles. The minimum atomic E-state index is 1.01. The Morgan fingerprint density at radius 1 is 0.958 bits per heavy atom. The van der Waals surface area contributed by atoms with Gasteiger partial charge in [0.25, 0.3) is 0 Å². The molecule has 1 fully saturated rings. The molecule has 0 amide bonds. The zero-order valence-corrected chi connectivity index (χ0v) is 14.8. The van der Waals surface area contributed by atoms with Gasteiger partial charge >= 0.3 is 0 Å². The van der Waals surface area contributed by atoms with Crippen LogP contribution in [0.2, 0.25) is 0 Å². The van der Waals surface area contributed by atoms with Crippen molar-refractivity contribution >= 4 is 25.9 Å². The van der Waals surface area contributed by atoms with Gasteiger partial charge in [-0.2, -0.15) is 0 Å². The summed E-state index contributed by atoms with van der Waals surface area (Å²) in [6, 6.07) is 21.5. The first kappa shape index (κ1) is 15.5. The van der Waals surface area contributed by atoms with Crippen molar-refractivity contribution in [1.29, 1.82) is 0 Å². The van der Waals surface area contributed by atoms with E-state index in [4.69, 9.17) is 0 Å². The van der Waals surface area contributed by atoms with E-state index in [-0.39, 0.29) is 0 Å². The number of piperidine rings is 1. The van der Waals surface area contributed by atoms with Crippen LogP contribution in [0, 0.1) is 0 Å². The molecule has 0 bridgehead atoms. The summed E-state index contributed by atoms with van der Waals surface area (Å²) in [5.74, 6) is 0. The molecule has 1 aliphatic rings. The van der Waals surface area contributed by atoms with Crippen LogP contribution in [0.25, 0.3) is 16.5 Å².